The predicted octanol–water partition coefficient (Wildman–Crippen LogP) is 2.09. The third-order valence-corrected chi connectivity index (χ3v) is 5.61. The molecule has 1 aromatic rings. The van der Waals surface area contributed by atoms with Crippen molar-refractivity contribution in [3.63, 3.8) is 0 Å². The van der Waals surface area contributed by atoms with Gasteiger partial charge >= 0.3 is 0 Å². The summed E-state index contributed by atoms with van der Waals surface area (Å²) in [7, 11) is -8.88. The molecular weight excluding hydrogens is 328 g/mol. The fourth-order valence-electron chi connectivity index (χ4n) is 2.10. The summed E-state index contributed by atoms with van der Waals surface area (Å²) in [5.74, 6) is 0. The lowest BCUT2D eigenvalue weighted by Gasteiger charge is -2.24. The lowest BCUT2D eigenvalue weighted by Crippen LogP contribution is -2.34. The summed E-state index contributed by atoms with van der Waals surface area (Å²) in [6.45, 7) is 0. The van der Waals surface area contributed by atoms with Crippen LogP contribution < -0.4 is 0 Å². The number of benzene rings is 1. The van der Waals surface area contributed by atoms with Crippen molar-refractivity contribution in [1.82, 2.24) is 0 Å². The highest BCUT2D eigenvalue weighted by Crippen LogP contribution is 2.30. The summed E-state index contributed by atoms with van der Waals surface area (Å²) in [6.07, 6.45) is 8.49. The minimum atomic E-state index is -4.44. The Morgan fingerprint density at radius 2 is 1.73 bits per heavy atom. The summed E-state index contributed by atoms with van der Waals surface area (Å²) in [5.41, 5.74) is 0.121. The standard InChI is InChI=1S/C14H14O6S2/c15-21(16,17)13-7-3-2-6-12(13)8-11-14(22(18,19)20)9-4-1-5-10-14/h1-9,11H,10H2,(H,15,16,17)(H,18,19,20). The lowest BCUT2D eigenvalue weighted by molar-refractivity contribution is 0.461. The van der Waals surface area contributed by atoms with Gasteiger partial charge in [-0.3, -0.25) is 9.11 Å². The Morgan fingerprint density at radius 1 is 1.05 bits per heavy atom. The van der Waals surface area contributed by atoms with E-state index in [9.17, 15) is 25.9 Å². The smallest absolute Gasteiger partial charge is 0.285 e. The summed E-state index contributed by atoms with van der Waals surface area (Å²) >= 11 is 0. The summed E-state index contributed by atoms with van der Waals surface area (Å²) in [5, 5.41) is 0. The molecule has 0 saturated heterocycles. The molecule has 1 aromatic carbocycles. The van der Waals surface area contributed by atoms with Crippen LogP contribution in [0.5, 0.6) is 0 Å². The van der Waals surface area contributed by atoms with Crippen molar-refractivity contribution < 1.29 is 25.9 Å². The highest BCUT2D eigenvalue weighted by atomic mass is 32.2. The highest BCUT2D eigenvalue weighted by Gasteiger charge is 2.37. The second-order valence-corrected chi connectivity index (χ2v) is 7.87. The maximum absolute atomic E-state index is 11.7. The van der Waals surface area contributed by atoms with E-state index in [4.69, 9.17) is 0 Å². The molecule has 8 heteroatoms. The molecule has 0 radical (unpaired) electrons. The van der Waals surface area contributed by atoms with E-state index in [1.165, 1.54) is 42.5 Å². The summed E-state index contributed by atoms with van der Waals surface area (Å²) in [4.78, 5) is -0.341. The normalized spacial score (nSPS) is 22.3. The highest BCUT2D eigenvalue weighted by molar-refractivity contribution is 7.87. The Bertz CT molecular complexity index is 862. The van der Waals surface area contributed by atoms with Crippen LogP contribution in [0.15, 0.2) is 59.5 Å². The van der Waals surface area contributed by atoms with Gasteiger partial charge < -0.3 is 0 Å². The first-order valence-corrected chi connectivity index (χ1v) is 9.11. The minimum Gasteiger partial charge on any atom is -0.285 e. The Balaban J connectivity index is 2.52. The second-order valence-electron chi connectivity index (χ2n) is 4.77. The van der Waals surface area contributed by atoms with E-state index in [0.29, 0.717) is 0 Å². The molecule has 118 valence electrons. The molecule has 22 heavy (non-hydrogen) atoms. The molecule has 1 aliphatic rings. The minimum absolute atomic E-state index is 0.0207. The van der Waals surface area contributed by atoms with Gasteiger partial charge in [-0.15, -0.1) is 0 Å². The third-order valence-electron chi connectivity index (χ3n) is 3.28. The zero-order valence-electron chi connectivity index (χ0n) is 11.3. The number of rotatable bonds is 4. The number of allylic oxidation sites excluding steroid dienone is 3. The van der Waals surface area contributed by atoms with Gasteiger partial charge in [0.1, 0.15) is 9.64 Å². The SMILES string of the molecule is O=S(=O)(O)c1ccccc1C=CC1(S(=O)(=O)O)C=CC=CC1. The molecule has 0 amide bonds. The Morgan fingerprint density at radius 3 is 2.27 bits per heavy atom. The van der Waals surface area contributed by atoms with Gasteiger partial charge in [0.15, 0.2) is 0 Å². The van der Waals surface area contributed by atoms with Crippen molar-refractivity contribution in [2.24, 2.45) is 0 Å². The maximum atomic E-state index is 11.7. The first kappa shape index (κ1) is 16.6. The lowest BCUT2D eigenvalue weighted by atomic mass is 9.98. The zero-order chi connectivity index (χ0) is 16.4. The van der Waals surface area contributed by atoms with Crippen molar-refractivity contribution >= 4 is 26.3 Å². The molecule has 6 nitrogen and oxygen atoms in total. The average Bonchev–Trinajstić information content (AvgIpc) is 2.44. The van der Waals surface area contributed by atoms with Crippen LogP contribution in [0.2, 0.25) is 0 Å². The second kappa shape index (κ2) is 5.81. The van der Waals surface area contributed by atoms with Crippen LogP contribution in [-0.2, 0) is 20.2 Å². The van der Waals surface area contributed by atoms with Gasteiger partial charge in [0.2, 0.25) is 0 Å². The van der Waals surface area contributed by atoms with E-state index in [1.54, 1.807) is 18.2 Å². The van der Waals surface area contributed by atoms with Gasteiger partial charge in [-0.25, -0.2) is 0 Å². The molecule has 0 aromatic heterocycles. The van der Waals surface area contributed by atoms with E-state index >= 15 is 0 Å². The van der Waals surface area contributed by atoms with Gasteiger partial charge in [0, 0.05) is 0 Å². The van der Waals surface area contributed by atoms with Crippen molar-refractivity contribution in [3.8, 4) is 0 Å². The number of hydrogen-bond acceptors (Lipinski definition) is 4. The van der Waals surface area contributed by atoms with Crippen LogP contribution in [0.25, 0.3) is 6.08 Å². The first-order valence-electron chi connectivity index (χ1n) is 6.23. The molecule has 0 fully saturated rings. The average molecular weight is 342 g/mol. The van der Waals surface area contributed by atoms with E-state index in [2.05, 4.69) is 0 Å². The van der Waals surface area contributed by atoms with Crippen LogP contribution in [0.3, 0.4) is 0 Å². The first-order chi connectivity index (χ1) is 10.2. The van der Waals surface area contributed by atoms with Crippen LogP contribution in [0.1, 0.15) is 12.0 Å². The van der Waals surface area contributed by atoms with Crippen LogP contribution in [-0.4, -0.2) is 30.7 Å². The molecule has 1 unspecified atom stereocenters. The van der Waals surface area contributed by atoms with Crippen LogP contribution in [0, 0.1) is 0 Å². The molecular formula is C14H14O6S2. The van der Waals surface area contributed by atoms with Gasteiger partial charge in [-0.05, 0) is 18.1 Å². The number of hydrogen-bond donors (Lipinski definition) is 2. The Kier molecular flexibility index (Phi) is 4.39. The van der Waals surface area contributed by atoms with E-state index in [-0.39, 0.29) is 16.9 Å². The molecule has 1 aliphatic carbocycles. The van der Waals surface area contributed by atoms with Crippen molar-refractivity contribution in [2.75, 3.05) is 0 Å². The largest absolute Gasteiger partial charge is 0.295 e. The molecule has 1 atom stereocenters. The van der Waals surface area contributed by atoms with E-state index in [0.717, 1.165) is 0 Å². The van der Waals surface area contributed by atoms with E-state index in [1.807, 2.05) is 0 Å². The van der Waals surface area contributed by atoms with Gasteiger partial charge in [0.05, 0.1) is 0 Å². The fraction of sp³-hybridized carbons (Fsp3) is 0.143. The van der Waals surface area contributed by atoms with E-state index < -0.39 is 25.0 Å². The Labute approximate surface area is 129 Å². The summed E-state index contributed by atoms with van der Waals surface area (Å²) < 4.78 is 62.9. The fourth-order valence-corrected chi connectivity index (χ4v) is 3.58. The van der Waals surface area contributed by atoms with Crippen molar-refractivity contribution in [3.05, 3.63) is 60.2 Å². The summed E-state index contributed by atoms with van der Waals surface area (Å²) in [6, 6.07) is 5.60. The predicted molar refractivity (Wildman–Crippen MR) is 82.5 cm³/mol. The maximum Gasteiger partial charge on any atom is 0.295 e. The molecule has 0 saturated carbocycles. The zero-order valence-corrected chi connectivity index (χ0v) is 13.0. The molecule has 2 rings (SSSR count). The monoisotopic (exact) mass is 342 g/mol. The van der Waals surface area contributed by atoms with Gasteiger partial charge in [-0.2, -0.15) is 16.8 Å². The molecule has 0 bridgehead atoms. The topological polar surface area (TPSA) is 109 Å². The molecule has 0 spiro atoms. The third kappa shape index (κ3) is 3.36. The molecule has 2 N–H and O–H groups in total. The van der Waals surface area contributed by atoms with Crippen molar-refractivity contribution in [1.29, 1.82) is 0 Å². The quantitative estimate of drug-likeness (QED) is 0.811. The van der Waals surface area contributed by atoms with Gasteiger partial charge in [0.25, 0.3) is 20.2 Å². The van der Waals surface area contributed by atoms with Crippen LogP contribution >= 0.6 is 0 Å². The Hall–Kier alpha value is -1.74. The molecule has 0 heterocycles. The van der Waals surface area contributed by atoms with Gasteiger partial charge in [-0.1, -0.05) is 54.7 Å². The van der Waals surface area contributed by atoms with Crippen molar-refractivity contribution in [2.45, 2.75) is 16.1 Å². The van der Waals surface area contributed by atoms with Crippen LogP contribution in [0.4, 0.5) is 0 Å². The molecule has 0 aliphatic heterocycles.